The van der Waals surface area contributed by atoms with Crippen LogP contribution in [0.5, 0.6) is 0 Å². The van der Waals surface area contributed by atoms with Gasteiger partial charge in [-0.2, -0.15) is 0 Å². The van der Waals surface area contributed by atoms with E-state index in [9.17, 15) is 5.11 Å². The molecule has 1 N–H and O–H groups in total. The largest absolute Gasteiger partial charge is 0.389 e. The second-order valence-corrected chi connectivity index (χ2v) is 4.31. The molecule has 1 heterocycles. The van der Waals surface area contributed by atoms with Crippen molar-refractivity contribution in [3.05, 3.63) is 0 Å². The molecular formula is C11H23NO2. The van der Waals surface area contributed by atoms with Crippen molar-refractivity contribution in [3.63, 3.8) is 0 Å². The smallest absolute Gasteiger partial charge is 0.0900 e. The SMILES string of the molecule is CCC[C@H]1CCN(C[C@@H](O)COC)C1. The highest BCUT2D eigenvalue weighted by molar-refractivity contribution is 4.76. The Morgan fingerprint density at radius 3 is 3.00 bits per heavy atom. The third-order valence-corrected chi connectivity index (χ3v) is 2.89. The molecule has 0 bridgehead atoms. The molecule has 3 heteroatoms. The van der Waals surface area contributed by atoms with Gasteiger partial charge in [0.1, 0.15) is 0 Å². The van der Waals surface area contributed by atoms with Crippen molar-refractivity contribution in [1.82, 2.24) is 4.90 Å². The Kier molecular flexibility index (Phi) is 5.45. The Labute approximate surface area is 87.1 Å². The van der Waals surface area contributed by atoms with E-state index < -0.39 is 0 Å². The maximum absolute atomic E-state index is 9.56. The molecule has 3 nitrogen and oxygen atoms in total. The van der Waals surface area contributed by atoms with Crippen LogP contribution in [0, 0.1) is 5.92 Å². The minimum absolute atomic E-state index is 0.319. The lowest BCUT2D eigenvalue weighted by molar-refractivity contribution is 0.0420. The average molecular weight is 201 g/mol. The fraction of sp³-hybridized carbons (Fsp3) is 1.00. The molecule has 0 spiro atoms. The Balaban J connectivity index is 2.15. The zero-order chi connectivity index (χ0) is 10.4. The van der Waals surface area contributed by atoms with Gasteiger partial charge in [0.2, 0.25) is 0 Å². The fourth-order valence-corrected chi connectivity index (χ4v) is 2.27. The highest BCUT2D eigenvalue weighted by Gasteiger charge is 2.23. The molecule has 0 aliphatic carbocycles. The van der Waals surface area contributed by atoms with Crippen LogP contribution in [0.1, 0.15) is 26.2 Å². The number of nitrogens with zero attached hydrogens (tertiary/aromatic N) is 1. The van der Waals surface area contributed by atoms with E-state index in [0.717, 1.165) is 25.6 Å². The van der Waals surface area contributed by atoms with E-state index in [1.54, 1.807) is 7.11 Å². The predicted molar refractivity (Wildman–Crippen MR) is 57.3 cm³/mol. The number of hydrogen-bond acceptors (Lipinski definition) is 3. The molecular weight excluding hydrogens is 178 g/mol. The Bertz CT molecular complexity index is 152. The number of ether oxygens (including phenoxy) is 1. The predicted octanol–water partition coefficient (Wildman–Crippen LogP) is 1.12. The third-order valence-electron chi connectivity index (χ3n) is 2.89. The van der Waals surface area contributed by atoms with Crippen LogP contribution in [0.2, 0.25) is 0 Å². The van der Waals surface area contributed by atoms with Gasteiger partial charge in [-0.05, 0) is 25.3 Å². The lowest BCUT2D eigenvalue weighted by Crippen LogP contribution is -2.33. The van der Waals surface area contributed by atoms with Crippen LogP contribution in [0.25, 0.3) is 0 Å². The number of aliphatic hydroxyl groups excluding tert-OH is 1. The summed E-state index contributed by atoms with van der Waals surface area (Å²) in [7, 11) is 1.63. The number of aliphatic hydroxyl groups is 1. The molecule has 2 atom stereocenters. The highest BCUT2D eigenvalue weighted by atomic mass is 16.5. The van der Waals surface area contributed by atoms with Gasteiger partial charge in [-0.25, -0.2) is 0 Å². The average Bonchev–Trinajstić information content (AvgIpc) is 2.53. The molecule has 0 radical (unpaired) electrons. The molecule has 1 aliphatic rings. The van der Waals surface area contributed by atoms with Crippen LogP contribution < -0.4 is 0 Å². The first-order valence-electron chi connectivity index (χ1n) is 5.65. The van der Waals surface area contributed by atoms with Crippen molar-refractivity contribution >= 4 is 0 Å². The molecule has 0 aromatic carbocycles. The Morgan fingerprint density at radius 1 is 1.57 bits per heavy atom. The molecule has 1 saturated heterocycles. The minimum atomic E-state index is -0.319. The molecule has 1 rings (SSSR count). The summed E-state index contributed by atoms with van der Waals surface area (Å²) >= 11 is 0. The van der Waals surface area contributed by atoms with Crippen molar-refractivity contribution < 1.29 is 9.84 Å². The van der Waals surface area contributed by atoms with Gasteiger partial charge in [0.15, 0.2) is 0 Å². The van der Waals surface area contributed by atoms with Crippen LogP contribution in [-0.4, -0.2) is 49.5 Å². The molecule has 0 aromatic heterocycles. The molecule has 1 aliphatic heterocycles. The zero-order valence-electron chi connectivity index (χ0n) is 9.41. The number of methoxy groups -OCH3 is 1. The van der Waals surface area contributed by atoms with Crippen molar-refractivity contribution in [2.24, 2.45) is 5.92 Å². The number of β-amino-alcohol motifs (C(OH)–C–C–N with tert-alkyl or cyclic N) is 1. The van der Waals surface area contributed by atoms with Gasteiger partial charge in [-0.15, -0.1) is 0 Å². The van der Waals surface area contributed by atoms with E-state index in [2.05, 4.69) is 11.8 Å². The lowest BCUT2D eigenvalue weighted by atomic mass is 10.0. The summed E-state index contributed by atoms with van der Waals surface area (Å²) in [5.41, 5.74) is 0. The molecule has 0 amide bonds. The summed E-state index contributed by atoms with van der Waals surface area (Å²) in [6.07, 6.45) is 3.59. The summed E-state index contributed by atoms with van der Waals surface area (Å²) in [4.78, 5) is 2.35. The van der Waals surface area contributed by atoms with Gasteiger partial charge in [-0.1, -0.05) is 13.3 Å². The van der Waals surface area contributed by atoms with Gasteiger partial charge in [0.05, 0.1) is 12.7 Å². The molecule has 0 unspecified atom stereocenters. The lowest BCUT2D eigenvalue weighted by Gasteiger charge is -2.19. The number of hydrogen-bond donors (Lipinski definition) is 1. The van der Waals surface area contributed by atoms with Crippen LogP contribution in [0.3, 0.4) is 0 Å². The zero-order valence-corrected chi connectivity index (χ0v) is 9.41. The summed E-state index contributed by atoms with van der Waals surface area (Å²) < 4.78 is 4.91. The molecule has 84 valence electrons. The van der Waals surface area contributed by atoms with Crippen molar-refractivity contribution in [2.45, 2.75) is 32.3 Å². The van der Waals surface area contributed by atoms with E-state index in [-0.39, 0.29) is 6.10 Å². The molecule has 0 saturated carbocycles. The second kappa shape index (κ2) is 6.38. The normalized spacial score (nSPS) is 25.5. The van der Waals surface area contributed by atoms with Crippen LogP contribution in [-0.2, 0) is 4.74 Å². The molecule has 14 heavy (non-hydrogen) atoms. The summed E-state index contributed by atoms with van der Waals surface area (Å²) in [6.45, 7) is 5.77. The van der Waals surface area contributed by atoms with Gasteiger partial charge in [0.25, 0.3) is 0 Å². The van der Waals surface area contributed by atoms with Gasteiger partial charge in [-0.3, -0.25) is 0 Å². The van der Waals surface area contributed by atoms with Crippen LogP contribution in [0.15, 0.2) is 0 Å². The monoisotopic (exact) mass is 201 g/mol. The topological polar surface area (TPSA) is 32.7 Å². The Hall–Kier alpha value is -0.120. The number of likely N-dealkylation sites (tertiary alicyclic amines) is 1. The Morgan fingerprint density at radius 2 is 2.36 bits per heavy atom. The first kappa shape index (κ1) is 12.0. The van der Waals surface area contributed by atoms with E-state index in [1.165, 1.54) is 19.3 Å². The van der Waals surface area contributed by atoms with E-state index >= 15 is 0 Å². The minimum Gasteiger partial charge on any atom is -0.389 e. The van der Waals surface area contributed by atoms with Crippen molar-refractivity contribution in [1.29, 1.82) is 0 Å². The van der Waals surface area contributed by atoms with Gasteiger partial charge in [0, 0.05) is 20.2 Å². The highest BCUT2D eigenvalue weighted by Crippen LogP contribution is 2.20. The van der Waals surface area contributed by atoms with Crippen LogP contribution >= 0.6 is 0 Å². The van der Waals surface area contributed by atoms with Crippen molar-refractivity contribution in [2.75, 3.05) is 33.4 Å². The van der Waals surface area contributed by atoms with E-state index in [0.29, 0.717) is 6.61 Å². The maximum Gasteiger partial charge on any atom is 0.0900 e. The quantitative estimate of drug-likeness (QED) is 0.699. The summed E-state index contributed by atoms with van der Waals surface area (Å²) in [6, 6.07) is 0. The second-order valence-electron chi connectivity index (χ2n) is 4.31. The summed E-state index contributed by atoms with van der Waals surface area (Å²) in [5, 5.41) is 9.56. The fourth-order valence-electron chi connectivity index (χ4n) is 2.27. The van der Waals surface area contributed by atoms with Gasteiger partial charge >= 0.3 is 0 Å². The van der Waals surface area contributed by atoms with Gasteiger partial charge < -0.3 is 14.7 Å². The summed E-state index contributed by atoms with van der Waals surface area (Å²) in [5.74, 6) is 0.856. The number of rotatable bonds is 6. The maximum atomic E-state index is 9.56. The molecule has 1 fully saturated rings. The van der Waals surface area contributed by atoms with Crippen molar-refractivity contribution in [3.8, 4) is 0 Å². The molecule has 0 aromatic rings. The first-order chi connectivity index (χ1) is 6.76. The third kappa shape index (κ3) is 3.95. The van der Waals surface area contributed by atoms with E-state index in [1.807, 2.05) is 0 Å². The standard InChI is InChI=1S/C11H23NO2/c1-3-4-10-5-6-12(7-10)8-11(13)9-14-2/h10-11,13H,3-9H2,1-2H3/t10-,11+/m0/s1. The first-order valence-corrected chi connectivity index (χ1v) is 5.65. The van der Waals surface area contributed by atoms with E-state index in [4.69, 9.17) is 4.74 Å². The van der Waals surface area contributed by atoms with Crippen LogP contribution in [0.4, 0.5) is 0 Å².